The molecule has 1 amide bonds. The maximum Gasteiger partial charge on any atom is 0.252 e. The Morgan fingerprint density at radius 2 is 2.14 bits per heavy atom. The van der Waals surface area contributed by atoms with E-state index in [2.05, 4.69) is 10.4 Å². The SMILES string of the molecule is CC1(F)CCCC1Nc1c(C(N)=O)cnn2cc(-c3ccc(CO)cc3)cc12. The molecule has 0 saturated heterocycles. The summed E-state index contributed by atoms with van der Waals surface area (Å²) < 4.78 is 16.5. The van der Waals surface area contributed by atoms with Gasteiger partial charge in [0.25, 0.3) is 5.91 Å². The molecule has 1 saturated carbocycles. The quantitative estimate of drug-likeness (QED) is 0.631. The Hall–Kier alpha value is -2.93. The Balaban J connectivity index is 1.80. The third-order valence-electron chi connectivity index (χ3n) is 5.58. The van der Waals surface area contributed by atoms with Crippen molar-refractivity contribution in [3.05, 3.63) is 53.9 Å². The molecule has 2 aromatic heterocycles. The van der Waals surface area contributed by atoms with Gasteiger partial charge in [-0.1, -0.05) is 24.3 Å². The summed E-state index contributed by atoms with van der Waals surface area (Å²) in [5, 5.41) is 16.7. The van der Waals surface area contributed by atoms with E-state index in [4.69, 9.17) is 5.73 Å². The first-order valence-electron chi connectivity index (χ1n) is 9.36. The normalized spacial score (nSPS) is 21.9. The van der Waals surface area contributed by atoms with E-state index < -0.39 is 11.6 Å². The highest BCUT2D eigenvalue weighted by Gasteiger charge is 2.39. The van der Waals surface area contributed by atoms with Crippen LogP contribution >= 0.6 is 0 Å². The molecule has 2 atom stereocenters. The third kappa shape index (κ3) is 3.22. The van der Waals surface area contributed by atoms with Crippen molar-refractivity contribution in [2.75, 3.05) is 5.32 Å². The van der Waals surface area contributed by atoms with Crippen molar-refractivity contribution in [3.63, 3.8) is 0 Å². The van der Waals surface area contributed by atoms with Gasteiger partial charge in [0, 0.05) is 11.8 Å². The van der Waals surface area contributed by atoms with E-state index in [1.807, 2.05) is 36.5 Å². The number of carbonyl (C=O) groups excluding carboxylic acids is 1. The summed E-state index contributed by atoms with van der Waals surface area (Å²) in [5.74, 6) is -0.605. The van der Waals surface area contributed by atoms with Crippen LogP contribution in [0.1, 0.15) is 42.1 Å². The number of aromatic nitrogens is 2. The van der Waals surface area contributed by atoms with Gasteiger partial charge in [-0.3, -0.25) is 4.79 Å². The summed E-state index contributed by atoms with van der Waals surface area (Å²) in [6.07, 6.45) is 5.24. The lowest BCUT2D eigenvalue weighted by molar-refractivity contribution is 0.1000. The van der Waals surface area contributed by atoms with Crippen molar-refractivity contribution in [2.24, 2.45) is 5.73 Å². The van der Waals surface area contributed by atoms with Gasteiger partial charge in [0.05, 0.1) is 35.6 Å². The van der Waals surface area contributed by atoms with E-state index in [0.29, 0.717) is 24.0 Å². The van der Waals surface area contributed by atoms with Crippen molar-refractivity contribution < 1.29 is 14.3 Å². The Morgan fingerprint density at radius 3 is 2.75 bits per heavy atom. The molecule has 0 spiro atoms. The molecule has 28 heavy (non-hydrogen) atoms. The fraction of sp³-hybridized carbons (Fsp3) is 0.333. The second-order valence-corrected chi connectivity index (χ2v) is 7.58. The van der Waals surface area contributed by atoms with Crippen LogP contribution in [0.3, 0.4) is 0 Å². The first-order chi connectivity index (χ1) is 13.4. The van der Waals surface area contributed by atoms with Crippen molar-refractivity contribution in [3.8, 4) is 11.1 Å². The van der Waals surface area contributed by atoms with E-state index in [0.717, 1.165) is 23.1 Å². The fourth-order valence-corrected chi connectivity index (χ4v) is 3.88. The molecule has 6 nitrogen and oxygen atoms in total. The number of anilines is 1. The predicted molar refractivity (Wildman–Crippen MR) is 106 cm³/mol. The molecule has 3 aromatic rings. The smallest absolute Gasteiger partial charge is 0.252 e. The van der Waals surface area contributed by atoms with Crippen LogP contribution in [0.2, 0.25) is 0 Å². The minimum atomic E-state index is -1.34. The molecular formula is C21H23FN4O2. The highest BCUT2D eigenvalue weighted by molar-refractivity contribution is 6.02. The van der Waals surface area contributed by atoms with Gasteiger partial charge in [0.15, 0.2) is 0 Å². The van der Waals surface area contributed by atoms with Crippen LogP contribution in [-0.2, 0) is 6.61 Å². The van der Waals surface area contributed by atoms with Gasteiger partial charge in [0.1, 0.15) is 5.67 Å². The monoisotopic (exact) mass is 382 g/mol. The lowest BCUT2D eigenvalue weighted by Gasteiger charge is -2.26. The summed E-state index contributed by atoms with van der Waals surface area (Å²) >= 11 is 0. The molecule has 0 radical (unpaired) electrons. The zero-order valence-electron chi connectivity index (χ0n) is 15.7. The largest absolute Gasteiger partial charge is 0.392 e. The summed E-state index contributed by atoms with van der Waals surface area (Å²) in [7, 11) is 0. The fourth-order valence-electron chi connectivity index (χ4n) is 3.88. The predicted octanol–water partition coefficient (Wildman–Crippen LogP) is 3.29. The number of alkyl halides is 1. The maximum atomic E-state index is 14.8. The molecule has 4 rings (SSSR count). The lowest BCUT2D eigenvalue weighted by Crippen LogP contribution is -2.36. The average Bonchev–Trinajstić information content (AvgIpc) is 3.25. The van der Waals surface area contributed by atoms with Crippen molar-refractivity contribution in [1.29, 1.82) is 0 Å². The van der Waals surface area contributed by atoms with Gasteiger partial charge in [0.2, 0.25) is 0 Å². The molecule has 1 aliphatic rings. The summed E-state index contributed by atoms with van der Waals surface area (Å²) in [5.41, 5.74) is 8.31. The van der Waals surface area contributed by atoms with E-state index >= 15 is 0 Å². The molecule has 4 N–H and O–H groups in total. The first-order valence-corrected chi connectivity index (χ1v) is 9.36. The second-order valence-electron chi connectivity index (χ2n) is 7.58. The summed E-state index contributed by atoms with van der Waals surface area (Å²) in [6, 6.07) is 9.05. The lowest BCUT2D eigenvalue weighted by atomic mass is 10.0. The molecule has 1 aliphatic carbocycles. The highest BCUT2D eigenvalue weighted by atomic mass is 19.1. The number of fused-ring (bicyclic) bond motifs is 1. The average molecular weight is 382 g/mol. The Labute approximate surface area is 162 Å². The molecule has 1 aromatic carbocycles. The molecular weight excluding hydrogens is 359 g/mol. The van der Waals surface area contributed by atoms with E-state index in [1.54, 1.807) is 11.4 Å². The van der Waals surface area contributed by atoms with Crippen LogP contribution in [0.25, 0.3) is 16.6 Å². The molecule has 2 heterocycles. The van der Waals surface area contributed by atoms with E-state index in [9.17, 15) is 14.3 Å². The zero-order valence-corrected chi connectivity index (χ0v) is 15.7. The number of nitrogens with two attached hydrogens (primary N) is 1. The van der Waals surface area contributed by atoms with Crippen LogP contribution in [0.15, 0.2) is 42.7 Å². The van der Waals surface area contributed by atoms with E-state index in [1.165, 1.54) is 6.20 Å². The number of rotatable bonds is 5. The standard InChI is InChI=1S/C21H23FN4O2/c1-21(22)8-2-3-18(21)25-19-16(20(23)28)10-24-26-11-15(9-17(19)26)14-6-4-13(12-27)5-7-14/h4-7,9-11,18,25,27H,2-3,8,12H2,1H3,(H2,23,28). The second kappa shape index (κ2) is 6.91. The third-order valence-corrected chi connectivity index (χ3v) is 5.58. The number of primary amides is 1. The Kier molecular flexibility index (Phi) is 4.55. The van der Waals surface area contributed by atoms with Gasteiger partial charge in [-0.15, -0.1) is 0 Å². The summed E-state index contributed by atoms with van der Waals surface area (Å²) in [4.78, 5) is 12.0. The number of aliphatic hydroxyl groups excluding tert-OH is 1. The van der Waals surface area contributed by atoms with Crippen LogP contribution in [0, 0.1) is 0 Å². The number of halogens is 1. The van der Waals surface area contributed by atoms with Crippen LogP contribution in [0.5, 0.6) is 0 Å². The van der Waals surface area contributed by atoms with Gasteiger partial charge >= 0.3 is 0 Å². The molecule has 1 fully saturated rings. The van der Waals surface area contributed by atoms with Crippen LogP contribution < -0.4 is 11.1 Å². The molecule has 146 valence electrons. The first kappa shape index (κ1) is 18.4. The van der Waals surface area contributed by atoms with Gasteiger partial charge < -0.3 is 16.2 Å². The van der Waals surface area contributed by atoms with Crippen molar-refractivity contribution in [2.45, 2.75) is 44.5 Å². The van der Waals surface area contributed by atoms with Gasteiger partial charge in [-0.2, -0.15) is 5.10 Å². The van der Waals surface area contributed by atoms with Gasteiger partial charge in [-0.05, 0) is 43.4 Å². The maximum absolute atomic E-state index is 14.8. The van der Waals surface area contributed by atoms with Gasteiger partial charge in [-0.25, -0.2) is 8.91 Å². The number of nitrogens with zero attached hydrogens (tertiary/aromatic N) is 2. The number of amides is 1. The number of benzene rings is 1. The van der Waals surface area contributed by atoms with Crippen LogP contribution in [0.4, 0.5) is 10.1 Å². The topological polar surface area (TPSA) is 92.6 Å². The molecule has 0 aliphatic heterocycles. The minimum absolute atomic E-state index is 0.0149. The Morgan fingerprint density at radius 1 is 1.39 bits per heavy atom. The molecule has 7 heteroatoms. The Bertz CT molecular complexity index is 1030. The van der Waals surface area contributed by atoms with Crippen LogP contribution in [-0.4, -0.2) is 32.3 Å². The van der Waals surface area contributed by atoms with E-state index in [-0.39, 0.29) is 18.2 Å². The molecule has 0 bridgehead atoms. The number of carbonyl (C=O) groups is 1. The summed E-state index contributed by atoms with van der Waals surface area (Å²) in [6.45, 7) is 1.57. The van der Waals surface area contributed by atoms with Crippen molar-refractivity contribution in [1.82, 2.24) is 9.61 Å². The number of aliphatic hydroxyl groups is 1. The highest BCUT2D eigenvalue weighted by Crippen LogP contribution is 2.37. The molecule has 2 unspecified atom stereocenters. The zero-order chi connectivity index (χ0) is 19.9. The number of hydrogen-bond acceptors (Lipinski definition) is 4. The number of nitrogens with one attached hydrogen (secondary N) is 1. The number of hydrogen-bond donors (Lipinski definition) is 3. The minimum Gasteiger partial charge on any atom is -0.392 e. The van der Waals surface area contributed by atoms with Crippen molar-refractivity contribution >= 4 is 17.1 Å².